The zero-order valence-electron chi connectivity index (χ0n) is 19.4. The normalized spacial score (nSPS) is 15.2. The van der Waals surface area contributed by atoms with Crippen LogP contribution < -0.4 is 4.89 Å². The highest BCUT2D eigenvalue weighted by molar-refractivity contribution is 7.51. The highest BCUT2D eigenvalue weighted by Gasteiger charge is 2.25. The van der Waals surface area contributed by atoms with Crippen molar-refractivity contribution in [2.24, 2.45) is 0 Å². The Balaban J connectivity index is 3.82. The molecule has 0 heterocycles. The van der Waals surface area contributed by atoms with Crippen LogP contribution in [0.25, 0.3) is 0 Å². The van der Waals surface area contributed by atoms with Crippen LogP contribution in [0.2, 0.25) is 0 Å². The molecular weight excluding hydrogens is 389 g/mol. The summed E-state index contributed by atoms with van der Waals surface area (Å²) in [6.07, 6.45) is 14.5. The monoisotopic (exact) mass is 435 g/mol. The third-order valence-corrected chi connectivity index (χ3v) is 6.48. The van der Waals surface area contributed by atoms with Crippen LogP contribution in [0.15, 0.2) is 0 Å². The van der Waals surface area contributed by atoms with Gasteiger partial charge < -0.3 is 23.6 Å². The average Bonchev–Trinajstić information content (AvgIpc) is 2.56. The van der Waals surface area contributed by atoms with Crippen LogP contribution in [0.4, 0.5) is 0 Å². The first-order chi connectivity index (χ1) is 13.6. The predicted molar refractivity (Wildman–Crippen MR) is 118 cm³/mol. The van der Waals surface area contributed by atoms with Crippen LogP contribution in [0, 0.1) is 0 Å². The lowest BCUT2D eigenvalue weighted by Gasteiger charge is -2.33. The molecule has 29 heavy (non-hydrogen) atoms. The fraction of sp³-hybridized carbons (Fsp3) is 0.955. The van der Waals surface area contributed by atoms with Gasteiger partial charge in [0.2, 0.25) is 0 Å². The van der Waals surface area contributed by atoms with Crippen LogP contribution in [-0.2, 0) is 13.9 Å². The smallest absolute Gasteiger partial charge is 0.306 e. The summed E-state index contributed by atoms with van der Waals surface area (Å²) in [5, 5.41) is 9.00. The van der Waals surface area contributed by atoms with E-state index < -0.39 is 19.7 Å². The molecule has 0 aromatic rings. The molecule has 0 radical (unpaired) electrons. The molecule has 0 aromatic heterocycles. The Morgan fingerprint density at radius 3 is 1.69 bits per heavy atom. The fourth-order valence-electron chi connectivity index (χ4n) is 3.54. The number of rotatable bonds is 20. The average molecular weight is 436 g/mol. The van der Waals surface area contributed by atoms with Crippen molar-refractivity contribution in [3.05, 3.63) is 0 Å². The van der Waals surface area contributed by atoms with Gasteiger partial charge in [-0.15, -0.1) is 0 Å². The van der Waals surface area contributed by atoms with E-state index in [1.54, 1.807) is 0 Å². The van der Waals surface area contributed by atoms with Gasteiger partial charge in [0.05, 0.1) is 27.6 Å². The van der Waals surface area contributed by atoms with E-state index in [9.17, 15) is 14.3 Å². The first-order valence-corrected chi connectivity index (χ1v) is 13.3. The Morgan fingerprint density at radius 2 is 1.31 bits per heavy atom. The van der Waals surface area contributed by atoms with Crippen LogP contribution >= 0.6 is 7.60 Å². The number of carboxylic acid groups (broad SMARTS) is 1. The predicted octanol–water partition coefficient (Wildman–Crippen LogP) is 5.20. The molecule has 0 amide bonds. The summed E-state index contributed by atoms with van der Waals surface area (Å²) in [4.78, 5) is 23.2. The molecule has 0 aliphatic heterocycles. The van der Waals surface area contributed by atoms with Crippen LogP contribution in [0.1, 0.15) is 96.8 Å². The van der Waals surface area contributed by atoms with Gasteiger partial charge in [0.25, 0.3) is 0 Å². The van der Waals surface area contributed by atoms with Crippen molar-refractivity contribution in [3.8, 4) is 0 Å². The van der Waals surface area contributed by atoms with Crippen molar-refractivity contribution in [2.45, 2.75) is 103 Å². The number of quaternary nitrogens is 1. The molecule has 174 valence electrons. The molecule has 0 aliphatic carbocycles. The van der Waals surface area contributed by atoms with Gasteiger partial charge in [0.1, 0.15) is 20.2 Å². The largest absolute Gasteiger partial charge is 0.778 e. The minimum Gasteiger partial charge on any atom is -0.778 e. The van der Waals surface area contributed by atoms with Crippen LogP contribution in [0.5, 0.6) is 0 Å². The summed E-state index contributed by atoms with van der Waals surface area (Å²) in [5.74, 6) is -1.04. The maximum absolute atomic E-state index is 12.2. The van der Waals surface area contributed by atoms with Crippen LogP contribution in [-0.4, -0.2) is 55.5 Å². The molecule has 0 saturated carbocycles. The van der Waals surface area contributed by atoms with Crippen molar-refractivity contribution in [1.29, 1.82) is 0 Å². The molecule has 0 rings (SSSR count). The molecule has 0 aliphatic rings. The van der Waals surface area contributed by atoms with Gasteiger partial charge in [0.15, 0.2) is 0 Å². The van der Waals surface area contributed by atoms with Gasteiger partial charge in [-0.1, -0.05) is 84.0 Å². The van der Waals surface area contributed by atoms with Gasteiger partial charge in [-0.3, -0.25) is 4.79 Å². The first-order valence-electron chi connectivity index (χ1n) is 11.6. The third-order valence-electron chi connectivity index (χ3n) is 5.00. The second kappa shape index (κ2) is 16.3. The molecule has 7 heteroatoms. The minimum atomic E-state index is -4.00. The Kier molecular flexibility index (Phi) is 16.1. The van der Waals surface area contributed by atoms with Crippen molar-refractivity contribution in [1.82, 2.24) is 0 Å². The number of unbranched alkanes of at least 4 members (excludes halogenated alkanes) is 12. The molecule has 1 N–H and O–H groups in total. The quantitative estimate of drug-likeness (QED) is 0.161. The van der Waals surface area contributed by atoms with Crippen molar-refractivity contribution in [3.63, 3.8) is 0 Å². The number of carbonyl (C=O) groups is 1. The summed E-state index contributed by atoms with van der Waals surface area (Å²) >= 11 is 0. The van der Waals surface area contributed by atoms with E-state index in [-0.39, 0.29) is 12.6 Å². The molecule has 6 nitrogen and oxygen atoms in total. The Labute approximate surface area is 179 Å². The third kappa shape index (κ3) is 20.6. The summed E-state index contributed by atoms with van der Waals surface area (Å²) in [6, 6.07) is 0. The maximum atomic E-state index is 12.2. The minimum absolute atomic E-state index is 0.00196. The zero-order valence-corrected chi connectivity index (χ0v) is 20.3. The van der Waals surface area contributed by atoms with Gasteiger partial charge in [-0.25, -0.2) is 0 Å². The number of nitrogens with zero attached hydrogens (tertiary/aromatic N) is 1. The molecule has 1 unspecified atom stereocenters. The number of aliphatic carboxylic acids is 1. The topological polar surface area (TPSA) is 86.7 Å². The van der Waals surface area contributed by atoms with Gasteiger partial charge in [-0.05, 0) is 6.42 Å². The standard InChI is InChI=1S/C22H46NO5P/c1-5-6-7-8-9-10-11-12-13-14-15-16-17-18-29(26,27)28-21(19-22(24)25)20-23(2,3)4/h21H,5-20H2,1-4H3,(H-,24,25,26,27)/t21-/m1/s1. The van der Waals surface area contributed by atoms with E-state index >= 15 is 0 Å². The number of hydrogen-bond donors (Lipinski definition) is 1. The lowest BCUT2D eigenvalue weighted by molar-refractivity contribution is -0.873. The van der Waals surface area contributed by atoms with E-state index in [1.807, 2.05) is 21.1 Å². The van der Waals surface area contributed by atoms with E-state index in [4.69, 9.17) is 9.63 Å². The van der Waals surface area contributed by atoms with E-state index in [0.29, 0.717) is 17.4 Å². The van der Waals surface area contributed by atoms with Gasteiger partial charge in [0, 0.05) is 6.16 Å². The van der Waals surface area contributed by atoms with E-state index in [1.165, 1.54) is 57.8 Å². The summed E-state index contributed by atoms with van der Waals surface area (Å²) < 4.78 is 17.9. The molecule has 0 aromatic carbocycles. The van der Waals surface area contributed by atoms with Crippen molar-refractivity contribution < 1.29 is 28.4 Å². The number of likely N-dealkylation sites (N-methyl/N-ethyl adjacent to an activating group) is 1. The zero-order chi connectivity index (χ0) is 22.2. The summed E-state index contributed by atoms with van der Waals surface area (Å²) in [6.45, 7) is 2.59. The number of carboxylic acids is 1. The van der Waals surface area contributed by atoms with E-state index in [2.05, 4.69) is 6.92 Å². The Hall–Kier alpha value is -0.420. The second-order valence-electron chi connectivity index (χ2n) is 9.38. The summed E-state index contributed by atoms with van der Waals surface area (Å²) in [7, 11) is 1.67. The van der Waals surface area contributed by atoms with Crippen molar-refractivity contribution >= 4 is 13.6 Å². The SMILES string of the molecule is CCCCCCCCCCCCCCCP(=O)([O-])O[C@H](CC(=O)O)C[N+](C)(C)C. The first kappa shape index (κ1) is 28.6. The van der Waals surface area contributed by atoms with Gasteiger partial charge in [-0.2, -0.15) is 0 Å². The van der Waals surface area contributed by atoms with E-state index in [0.717, 1.165) is 19.3 Å². The lowest BCUT2D eigenvalue weighted by Crippen LogP contribution is -2.43. The molecule has 0 saturated heterocycles. The van der Waals surface area contributed by atoms with Crippen LogP contribution in [0.3, 0.4) is 0 Å². The maximum Gasteiger partial charge on any atom is 0.306 e. The molecule has 0 spiro atoms. The molecule has 0 bridgehead atoms. The lowest BCUT2D eigenvalue weighted by atomic mass is 10.1. The second-order valence-corrected chi connectivity index (χ2v) is 11.3. The highest BCUT2D eigenvalue weighted by atomic mass is 31.2. The molecular formula is C22H46NO5P. The van der Waals surface area contributed by atoms with Gasteiger partial charge >= 0.3 is 5.97 Å². The number of hydrogen-bond acceptors (Lipinski definition) is 4. The highest BCUT2D eigenvalue weighted by Crippen LogP contribution is 2.40. The molecule has 2 atom stereocenters. The summed E-state index contributed by atoms with van der Waals surface area (Å²) in [5.41, 5.74) is 0. The fourth-order valence-corrected chi connectivity index (χ4v) is 4.86. The molecule has 0 fully saturated rings. The Bertz CT molecular complexity index is 465. The Morgan fingerprint density at radius 1 is 0.897 bits per heavy atom. The van der Waals surface area contributed by atoms with Crippen molar-refractivity contribution in [2.75, 3.05) is 33.8 Å².